The van der Waals surface area contributed by atoms with Crippen molar-refractivity contribution < 1.29 is 9.59 Å². The zero-order valence-corrected chi connectivity index (χ0v) is 14.2. The van der Waals surface area contributed by atoms with E-state index in [0.29, 0.717) is 22.1 Å². The predicted octanol–water partition coefficient (Wildman–Crippen LogP) is 3.11. The van der Waals surface area contributed by atoms with Crippen LogP contribution in [0.25, 0.3) is 5.69 Å². The lowest BCUT2D eigenvalue weighted by Crippen LogP contribution is -2.43. The third kappa shape index (κ3) is 1.84. The zero-order valence-electron chi connectivity index (χ0n) is 13.5. The van der Waals surface area contributed by atoms with Gasteiger partial charge in [0.2, 0.25) is 11.8 Å². The first-order chi connectivity index (χ1) is 12.6. The maximum absolute atomic E-state index is 13.0. The Morgan fingerprint density at radius 3 is 2.62 bits per heavy atom. The number of hydrogen-bond acceptors (Lipinski definition) is 3. The van der Waals surface area contributed by atoms with Gasteiger partial charge in [-0.15, -0.1) is 0 Å². The Bertz CT molecular complexity index is 1090. The molecule has 2 aliphatic heterocycles. The van der Waals surface area contributed by atoms with Crippen molar-refractivity contribution in [2.24, 2.45) is 0 Å². The molecule has 0 saturated heterocycles. The van der Waals surface area contributed by atoms with E-state index in [1.165, 1.54) is 0 Å². The Hall–Kier alpha value is -3.12. The largest absolute Gasteiger partial charge is 0.325 e. The number of carbonyl (C=O) groups is 2. The zero-order chi connectivity index (χ0) is 17.9. The third-order valence-corrected chi connectivity index (χ3v) is 5.34. The van der Waals surface area contributed by atoms with Crippen molar-refractivity contribution in [3.8, 4) is 5.69 Å². The van der Waals surface area contributed by atoms with Crippen LogP contribution in [0, 0.1) is 0 Å². The summed E-state index contributed by atoms with van der Waals surface area (Å²) in [5.41, 5.74) is 1.75. The lowest BCUT2D eigenvalue weighted by molar-refractivity contribution is -0.125. The van der Waals surface area contributed by atoms with E-state index in [0.717, 1.165) is 11.3 Å². The monoisotopic (exact) mass is 364 g/mol. The van der Waals surface area contributed by atoms with Crippen molar-refractivity contribution in [3.63, 3.8) is 0 Å². The number of nitrogens with zero attached hydrogens (tertiary/aromatic N) is 2. The quantitative estimate of drug-likeness (QED) is 0.696. The topological polar surface area (TPSA) is 76.0 Å². The van der Waals surface area contributed by atoms with E-state index < -0.39 is 5.41 Å². The van der Waals surface area contributed by atoms with Crippen LogP contribution in [0.3, 0.4) is 0 Å². The second kappa shape index (κ2) is 5.19. The fourth-order valence-corrected chi connectivity index (χ4v) is 4.07. The molecule has 7 heteroatoms. The van der Waals surface area contributed by atoms with E-state index in [1.54, 1.807) is 16.9 Å². The highest BCUT2D eigenvalue weighted by atomic mass is 35.5. The summed E-state index contributed by atoms with van der Waals surface area (Å²) in [5.74, 6) is 0.0212. The van der Waals surface area contributed by atoms with Crippen molar-refractivity contribution in [2.45, 2.75) is 11.8 Å². The molecular weight excluding hydrogens is 352 g/mol. The van der Waals surface area contributed by atoms with Gasteiger partial charge in [0, 0.05) is 17.7 Å². The van der Waals surface area contributed by atoms with Crippen molar-refractivity contribution in [1.82, 2.24) is 9.78 Å². The van der Waals surface area contributed by atoms with Crippen molar-refractivity contribution >= 4 is 34.9 Å². The Morgan fingerprint density at radius 1 is 1.00 bits per heavy atom. The first-order valence-corrected chi connectivity index (χ1v) is 8.53. The summed E-state index contributed by atoms with van der Waals surface area (Å²) in [6, 6.07) is 14.7. The maximum Gasteiger partial charge on any atom is 0.240 e. The van der Waals surface area contributed by atoms with Gasteiger partial charge >= 0.3 is 0 Å². The Kier molecular flexibility index (Phi) is 3.02. The molecule has 128 valence electrons. The van der Waals surface area contributed by atoms with Crippen LogP contribution in [0.15, 0.2) is 54.7 Å². The van der Waals surface area contributed by atoms with E-state index in [9.17, 15) is 9.59 Å². The summed E-state index contributed by atoms with van der Waals surface area (Å²) in [6.45, 7) is 0. The first-order valence-electron chi connectivity index (χ1n) is 8.15. The molecule has 3 heterocycles. The molecule has 2 N–H and O–H groups in total. The van der Waals surface area contributed by atoms with Gasteiger partial charge in [-0.25, -0.2) is 4.68 Å². The van der Waals surface area contributed by atoms with Gasteiger partial charge in [-0.3, -0.25) is 9.59 Å². The Balaban J connectivity index is 1.79. The van der Waals surface area contributed by atoms with Crippen LogP contribution in [0.5, 0.6) is 0 Å². The molecule has 1 atom stereocenters. The second-order valence-corrected chi connectivity index (χ2v) is 6.81. The van der Waals surface area contributed by atoms with Gasteiger partial charge in [0.15, 0.2) is 0 Å². The van der Waals surface area contributed by atoms with Crippen molar-refractivity contribution in [3.05, 3.63) is 70.9 Å². The standard InChI is InChI=1S/C19H13ClN4O2/c20-13-6-2-4-8-15(13)24-17-12(10-21-24)19(9-16(25)23-17)11-5-1-3-7-14(11)22-18(19)26/h1-8,10H,9H2,(H,22,26)(H,23,25)/t19-/m1/s1. The molecule has 1 spiro atoms. The van der Waals surface area contributed by atoms with Gasteiger partial charge in [0.25, 0.3) is 0 Å². The van der Waals surface area contributed by atoms with Crippen LogP contribution in [-0.2, 0) is 15.0 Å². The van der Waals surface area contributed by atoms with Crippen LogP contribution < -0.4 is 10.6 Å². The Morgan fingerprint density at radius 2 is 1.77 bits per heavy atom. The minimum absolute atomic E-state index is 0.0388. The molecule has 2 amide bonds. The molecule has 2 aromatic carbocycles. The van der Waals surface area contributed by atoms with Gasteiger partial charge in [-0.05, 0) is 23.8 Å². The predicted molar refractivity (Wildman–Crippen MR) is 97.7 cm³/mol. The highest BCUT2D eigenvalue weighted by Gasteiger charge is 2.54. The minimum atomic E-state index is -1.08. The smallest absolute Gasteiger partial charge is 0.240 e. The van der Waals surface area contributed by atoms with Crippen LogP contribution in [0.2, 0.25) is 5.02 Å². The van der Waals surface area contributed by atoms with Gasteiger partial charge in [-0.2, -0.15) is 5.10 Å². The van der Waals surface area contributed by atoms with Gasteiger partial charge < -0.3 is 10.6 Å². The van der Waals surface area contributed by atoms with E-state index in [1.807, 2.05) is 42.5 Å². The van der Waals surface area contributed by atoms with E-state index in [4.69, 9.17) is 11.6 Å². The molecule has 0 bridgehead atoms. The molecular formula is C19H13ClN4O2. The van der Waals surface area contributed by atoms with Crippen LogP contribution >= 0.6 is 11.6 Å². The molecule has 0 fully saturated rings. The van der Waals surface area contributed by atoms with Gasteiger partial charge in [-0.1, -0.05) is 41.9 Å². The number of hydrogen-bond donors (Lipinski definition) is 2. The number of benzene rings is 2. The summed E-state index contributed by atoms with van der Waals surface area (Å²) >= 11 is 6.30. The normalized spacial score (nSPS) is 20.5. The highest BCUT2D eigenvalue weighted by molar-refractivity contribution is 6.32. The van der Waals surface area contributed by atoms with Crippen LogP contribution in [-0.4, -0.2) is 21.6 Å². The van der Waals surface area contributed by atoms with E-state index in [2.05, 4.69) is 15.7 Å². The molecule has 2 aliphatic rings. The molecule has 0 aliphatic carbocycles. The number of amides is 2. The van der Waals surface area contributed by atoms with Gasteiger partial charge in [0.05, 0.1) is 16.9 Å². The summed E-state index contributed by atoms with van der Waals surface area (Å²) in [4.78, 5) is 25.5. The lowest BCUT2D eigenvalue weighted by Gasteiger charge is -2.31. The first kappa shape index (κ1) is 15.2. The molecule has 0 saturated carbocycles. The van der Waals surface area contributed by atoms with E-state index >= 15 is 0 Å². The van der Waals surface area contributed by atoms with Crippen molar-refractivity contribution in [1.29, 1.82) is 0 Å². The number of anilines is 2. The number of halogens is 1. The van der Waals surface area contributed by atoms with Crippen LogP contribution in [0.4, 0.5) is 11.5 Å². The lowest BCUT2D eigenvalue weighted by atomic mass is 9.72. The number of carbonyl (C=O) groups excluding carboxylic acids is 2. The molecule has 0 radical (unpaired) electrons. The maximum atomic E-state index is 13.0. The SMILES string of the molecule is O=C1C[C@]2(C(=O)Nc3ccccc32)c2cnn(-c3ccccc3Cl)c2N1. The fourth-order valence-electron chi connectivity index (χ4n) is 3.86. The summed E-state index contributed by atoms with van der Waals surface area (Å²) in [5, 5.41) is 10.7. The Labute approximate surface area is 153 Å². The third-order valence-electron chi connectivity index (χ3n) is 5.02. The summed E-state index contributed by atoms with van der Waals surface area (Å²) < 4.78 is 1.57. The molecule has 26 heavy (non-hydrogen) atoms. The minimum Gasteiger partial charge on any atom is -0.325 e. The molecule has 5 rings (SSSR count). The number of aromatic nitrogens is 2. The van der Waals surface area contributed by atoms with Crippen molar-refractivity contribution in [2.75, 3.05) is 10.6 Å². The molecule has 1 aromatic heterocycles. The molecule has 0 unspecified atom stereocenters. The van der Waals surface area contributed by atoms with E-state index in [-0.39, 0.29) is 18.2 Å². The average molecular weight is 365 g/mol. The molecule has 6 nitrogen and oxygen atoms in total. The number of para-hydroxylation sites is 2. The van der Waals surface area contributed by atoms with Crippen LogP contribution in [0.1, 0.15) is 17.5 Å². The average Bonchev–Trinajstić information content (AvgIpc) is 3.16. The number of rotatable bonds is 1. The van der Waals surface area contributed by atoms with Gasteiger partial charge in [0.1, 0.15) is 11.2 Å². The number of nitrogens with one attached hydrogen (secondary N) is 2. The second-order valence-electron chi connectivity index (χ2n) is 6.40. The highest BCUT2D eigenvalue weighted by Crippen LogP contribution is 2.50. The fraction of sp³-hybridized carbons (Fsp3) is 0.105. The molecule has 3 aromatic rings. The number of fused-ring (bicyclic) bond motifs is 4. The summed E-state index contributed by atoms with van der Waals surface area (Å²) in [7, 11) is 0. The summed E-state index contributed by atoms with van der Waals surface area (Å²) in [6.07, 6.45) is 1.68.